The fourth-order valence-electron chi connectivity index (χ4n) is 1.44. The molecule has 1 rings (SSSR count). The topological polar surface area (TPSA) is 73.1 Å². The van der Waals surface area contributed by atoms with Crippen LogP contribution in [0.1, 0.15) is 12.0 Å². The molecule has 1 aromatic carbocycles. The van der Waals surface area contributed by atoms with E-state index >= 15 is 0 Å². The molecule has 0 fully saturated rings. The summed E-state index contributed by atoms with van der Waals surface area (Å²) in [5, 5.41) is 19.0. The van der Waals surface area contributed by atoms with Crippen molar-refractivity contribution in [2.24, 2.45) is 0 Å². The number of amides is 1. The zero-order valence-electron chi connectivity index (χ0n) is 9.08. The van der Waals surface area contributed by atoms with Gasteiger partial charge >= 0.3 is 6.09 Å². The molecule has 0 unspecified atom stereocenters. The summed E-state index contributed by atoms with van der Waals surface area (Å²) in [6.45, 7) is 0. The van der Waals surface area contributed by atoms with Crippen molar-refractivity contribution in [3.8, 4) is 6.07 Å². The Morgan fingerprint density at radius 3 is 2.50 bits per heavy atom. The fourth-order valence-corrected chi connectivity index (χ4v) is 1.44. The molecule has 1 aromatic rings. The molecular formula is C11H9F3N2O2. The molecule has 0 spiro atoms. The summed E-state index contributed by atoms with van der Waals surface area (Å²) in [6, 6.07) is 1.88. The van der Waals surface area contributed by atoms with E-state index in [0.717, 1.165) is 0 Å². The number of hydrogen-bond acceptors (Lipinski definition) is 2. The molecule has 1 amide bonds. The number of carbonyl (C=O) groups is 1. The van der Waals surface area contributed by atoms with Gasteiger partial charge in [0.1, 0.15) is 5.82 Å². The molecule has 0 aromatic heterocycles. The monoisotopic (exact) mass is 258 g/mol. The van der Waals surface area contributed by atoms with Crippen molar-refractivity contribution < 1.29 is 23.1 Å². The lowest BCUT2D eigenvalue weighted by Gasteiger charge is -2.14. The SMILES string of the molecule is N#CC[C@@H](Cc1cc(F)c(F)cc1F)NC(=O)O. The summed E-state index contributed by atoms with van der Waals surface area (Å²) >= 11 is 0. The quantitative estimate of drug-likeness (QED) is 0.813. The van der Waals surface area contributed by atoms with Crippen LogP contribution in [-0.2, 0) is 6.42 Å². The van der Waals surface area contributed by atoms with Gasteiger partial charge in [-0.05, 0) is 18.1 Å². The highest BCUT2D eigenvalue weighted by atomic mass is 19.2. The van der Waals surface area contributed by atoms with E-state index in [-0.39, 0.29) is 18.4 Å². The van der Waals surface area contributed by atoms with Crippen LogP contribution in [0.4, 0.5) is 18.0 Å². The van der Waals surface area contributed by atoms with Gasteiger partial charge in [-0.2, -0.15) is 5.26 Å². The van der Waals surface area contributed by atoms with Crippen molar-refractivity contribution in [2.45, 2.75) is 18.9 Å². The fraction of sp³-hybridized carbons (Fsp3) is 0.273. The summed E-state index contributed by atoms with van der Waals surface area (Å²) in [5.41, 5.74) is -0.192. The third-order valence-corrected chi connectivity index (χ3v) is 2.22. The average Bonchev–Trinajstić information content (AvgIpc) is 2.25. The summed E-state index contributed by atoms with van der Waals surface area (Å²) in [5.74, 6) is -3.53. The van der Waals surface area contributed by atoms with Crippen LogP contribution in [0.2, 0.25) is 0 Å². The Morgan fingerprint density at radius 2 is 1.94 bits per heavy atom. The number of nitriles is 1. The second-order valence-corrected chi connectivity index (χ2v) is 3.57. The maximum Gasteiger partial charge on any atom is 0.404 e. The molecular weight excluding hydrogens is 249 g/mol. The minimum Gasteiger partial charge on any atom is -0.465 e. The molecule has 18 heavy (non-hydrogen) atoms. The molecule has 96 valence electrons. The Bertz CT molecular complexity index is 500. The Kier molecular flexibility index (Phi) is 4.54. The van der Waals surface area contributed by atoms with Crippen LogP contribution in [0.3, 0.4) is 0 Å². The summed E-state index contributed by atoms with van der Waals surface area (Å²) in [7, 11) is 0. The second-order valence-electron chi connectivity index (χ2n) is 3.57. The predicted octanol–water partition coefficient (Wildman–Crippen LogP) is 2.20. The number of benzene rings is 1. The molecule has 0 aliphatic carbocycles. The first-order valence-electron chi connectivity index (χ1n) is 4.94. The zero-order valence-corrected chi connectivity index (χ0v) is 9.08. The van der Waals surface area contributed by atoms with E-state index in [1.807, 2.05) is 5.32 Å². The molecule has 0 saturated carbocycles. The van der Waals surface area contributed by atoms with Gasteiger partial charge in [0.25, 0.3) is 0 Å². The van der Waals surface area contributed by atoms with Gasteiger partial charge in [-0.3, -0.25) is 0 Å². The van der Waals surface area contributed by atoms with Crippen LogP contribution >= 0.6 is 0 Å². The summed E-state index contributed by atoms with van der Waals surface area (Å²) in [4.78, 5) is 10.4. The standard InChI is InChI=1S/C11H9F3N2O2/c12-8-5-10(14)9(13)4-6(8)3-7(1-2-15)16-11(17)18/h4-5,7,16H,1,3H2,(H,17,18)/t7-/m0/s1. The molecule has 0 radical (unpaired) electrons. The number of rotatable bonds is 4. The number of halogens is 3. The molecule has 0 saturated heterocycles. The van der Waals surface area contributed by atoms with Gasteiger partial charge in [0.2, 0.25) is 0 Å². The van der Waals surface area contributed by atoms with Crippen molar-refractivity contribution in [1.29, 1.82) is 5.26 Å². The first kappa shape index (κ1) is 13.8. The van der Waals surface area contributed by atoms with Gasteiger partial charge in [0.05, 0.1) is 12.5 Å². The zero-order chi connectivity index (χ0) is 13.7. The van der Waals surface area contributed by atoms with Gasteiger partial charge in [0.15, 0.2) is 11.6 Å². The minimum atomic E-state index is -1.38. The van der Waals surface area contributed by atoms with Gasteiger partial charge in [-0.1, -0.05) is 0 Å². The first-order valence-corrected chi connectivity index (χ1v) is 4.94. The Morgan fingerprint density at radius 1 is 1.33 bits per heavy atom. The van der Waals surface area contributed by atoms with E-state index in [1.165, 1.54) is 0 Å². The van der Waals surface area contributed by atoms with Crippen molar-refractivity contribution in [2.75, 3.05) is 0 Å². The van der Waals surface area contributed by atoms with Crippen LogP contribution in [0.25, 0.3) is 0 Å². The number of hydrogen-bond donors (Lipinski definition) is 2. The Labute approximate surface area is 101 Å². The Balaban J connectivity index is 2.90. The van der Waals surface area contributed by atoms with E-state index in [1.54, 1.807) is 6.07 Å². The first-order chi connectivity index (χ1) is 8.43. The molecule has 0 aliphatic rings. The van der Waals surface area contributed by atoms with E-state index in [0.29, 0.717) is 12.1 Å². The largest absolute Gasteiger partial charge is 0.465 e. The summed E-state index contributed by atoms with van der Waals surface area (Å²) in [6.07, 6.45) is -1.81. The van der Waals surface area contributed by atoms with Gasteiger partial charge < -0.3 is 10.4 Å². The highest BCUT2D eigenvalue weighted by molar-refractivity contribution is 5.64. The highest BCUT2D eigenvalue weighted by Gasteiger charge is 2.16. The van der Waals surface area contributed by atoms with Crippen LogP contribution in [0, 0.1) is 28.8 Å². The van der Waals surface area contributed by atoms with Crippen molar-refractivity contribution in [1.82, 2.24) is 5.32 Å². The molecule has 2 N–H and O–H groups in total. The maximum absolute atomic E-state index is 13.3. The maximum atomic E-state index is 13.3. The van der Waals surface area contributed by atoms with E-state index in [2.05, 4.69) is 0 Å². The normalized spacial score (nSPS) is 11.7. The van der Waals surface area contributed by atoms with E-state index < -0.39 is 29.6 Å². The average molecular weight is 258 g/mol. The van der Waals surface area contributed by atoms with Gasteiger partial charge in [-0.15, -0.1) is 0 Å². The van der Waals surface area contributed by atoms with Crippen LogP contribution in [0.5, 0.6) is 0 Å². The van der Waals surface area contributed by atoms with E-state index in [9.17, 15) is 18.0 Å². The lowest BCUT2D eigenvalue weighted by molar-refractivity contribution is 0.190. The molecule has 4 nitrogen and oxygen atoms in total. The Hall–Kier alpha value is -2.23. The number of nitrogens with one attached hydrogen (secondary N) is 1. The van der Waals surface area contributed by atoms with Gasteiger partial charge in [0, 0.05) is 12.1 Å². The summed E-state index contributed by atoms with van der Waals surface area (Å²) < 4.78 is 38.9. The van der Waals surface area contributed by atoms with Crippen LogP contribution in [-0.4, -0.2) is 17.2 Å². The smallest absolute Gasteiger partial charge is 0.404 e. The van der Waals surface area contributed by atoms with Crippen LogP contribution in [0.15, 0.2) is 12.1 Å². The number of nitrogens with zero attached hydrogens (tertiary/aromatic N) is 1. The molecule has 0 bridgehead atoms. The van der Waals surface area contributed by atoms with Crippen molar-refractivity contribution >= 4 is 6.09 Å². The second kappa shape index (κ2) is 5.91. The number of carboxylic acid groups (broad SMARTS) is 1. The third-order valence-electron chi connectivity index (χ3n) is 2.22. The molecule has 7 heteroatoms. The van der Waals surface area contributed by atoms with E-state index in [4.69, 9.17) is 10.4 Å². The van der Waals surface area contributed by atoms with Gasteiger partial charge in [-0.25, -0.2) is 18.0 Å². The highest BCUT2D eigenvalue weighted by Crippen LogP contribution is 2.16. The lowest BCUT2D eigenvalue weighted by Crippen LogP contribution is -2.35. The predicted molar refractivity (Wildman–Crippen MR) is 55.2 cm³/mol. The lowest BCUT2D eigenvalue weighted by atomic mass is 10.0. The molecule has 0 aliphatic heterocycles. The van der Waals surface area contributed by atoms with Crippen molar-refractivity contribution in [3.63, 3.8) is 0 Å². The van der Waals surface area contributed by atoms with Crippen LogP contribution < -0.4 is 5.32 Å². The molecule has 1 atom stereocenters. The molecule has 0 heterocycles. The minimum absolute atomic E-state index is 0.192. The van der Waals surface area contributed by atoms with Crippen molar-refractivity contribution in [3.05, 3.63) is 35.1 Å². The third kappa shape index (κ3) is 3.66.